The van der Waals surface area contributed by atoms with E-state index in [9.17, 15) is 9.59 Å². The lowest BCUT2D eigenvalue weighted by atomic mass is 10.2. The number of carbonyl (C=O) groups is 2. The Balaban J connectivity index is 3.51. The lowest BCUT2D eigenvalue weighted by Crippen LogP contribution is -2.30. The molecule has 0 heterocycles. The largest absolute Gasteiger partial charge is 0.481 e. The van der Waals surface area contributed by atoms with Crippen molar-refractivity contribution in [3.63, 3.8) is 0 Å². The van der Waals surface area contributed by atoms with Crippen molar-refractivity contribution in [1.29, 1.82) is 0 Å². The molecule has 0 aromatic carbocycles. The second-order valence-electron chi connectivity index (χ2n) is 2.23. The van der Waals surface area contributed by atoms with E-state index >= 15 is 0 Å². The Bertz CT molecular complexity index is 136. The minimum absolute atomic E-state index is 0.0381. The molecule has 0 amide bonds. The van der Waals surface area contributed by atoms with Crippen LogP contribution in [0.25, 0.3) is 0 Å². The molecule has 2 N–H and O–H groups in total. The summed E-state index contributed by atoms with van der Waals surface area (Å²) in [5, 5.41) is 11.1. The Morgan fingerprint density at radius 3 is 2.73 bits per heavy atom. The third kappa shape index (κ3) is 5.54. The van der Waals surface area contributed by atoms with Gasteiger partial charge in [-0.2, -0.15) is 0 Å². The molecule has 64 valence electrons. The van der Waals surface area contributed by atoms with Crippen molar-refractivity contribution < 1.29 is 14.7 Å². The number of carbonyl (C=O) groups excluding carboxylic acids is 1. The third-order valence-corrected chi connectivity index (χ3v) is 1.30. The molecule has 0 spiro atoms. The fourth-order valence-corrected chi connectivity index (χ4v) is 0.759. The number of hydrogen-bond acceptors (Lipinski definition) is 3. The van der Waals surface area contributed by atoms with Crippen LogP contribution in [0.3, 0.4) is 0 Å². The van der Waals surface area contributed by atoms with Crippen LogP contribution in [0.5, 0.6) is 0 Å². The summed E-state index contributed by atoms with van der Waals surface area (Å²) in [5.41, 5.74) is 0. The van der Waals surface area contributed by atoms with Gasteiger partial charge in [-0.15, -0.1) is 0 Å². The molecule has 11 heavy (non-hydrogen) atoms. The summed E-state index contributed by atoms with van der Waals surface area (Å²) in [6, 6.07) is -0.309. The van der Waals surface area contributed by atoms with Crippen molar-refractivity contribution in [2.45, 2.75) is 25.8 Å². The van der Waals surface area contributed by atoms with Gasteiger partial charge in [0.25, 0.3) is 0 Å². The molecular weight excluding hydrogens is 146 g/mol. The highest BCUT2D eigenvalue weighted by Gasteiger charge is 2.06. The zero-order chi connectivity index (χ0) is 8.69. The van der Waals surface area contributed by atoms with Gasteiger partial charge < -0.3 is 15.2 Å². The van der Waals surface area contributed by atoms with Gasteiger partial charge in [-0.1, -0.05) is 6.92 Å². The lowest BCUT2D eigenvalue weighted by molar-refractivity contribution is -0.137. The molecule has 0 saturated heterocycles. The van der Waals surface area contributed by atoms with Gasteiger partial charge >= 0.3 is 5.97 Å². The Labute approximate surface area is 65.6 Å². The van der Waals surface area contributed by atoms with Crippen LogP contribution in [0.15, 0.2) is 0 Å². The Morgan fingerprint density at radius 1 is 1.73 bits per heavy atom. The fraction of sp³-hybridized carbons (Fsp3) is 0.714. The second kappa shape index (κ2) is 5.85. The van der Waals surface area contributed by atoms with Crippen LogP contribution in [0.1, 0.15) is 19.8 Å². The van der Waals surface area contributed by atoms with Gasteiger partial charge in [0.1, 0.15) is 6.29 Å². The van der Waals surface area contributed by atoms with Gasteiger partial charge in [-0.25, -0.2) is 0 Å². The van der Waals surface area contributed by atoms with Crippen molar-refractivity contribution in [1.82, 2.24) is 5.32 Å². The molecule has 0 aromatic rings. The first kappa shape index (κ1) is 10.1. The van der Waals surface area contributed by atoms with Crippen LogP contribution in [-0.4, -0.2) is 29.9 Å². The second-order valence-corrected chi connectivity index (χ2v) is 2.23. The van der Waals surface area contributed by atoms with E-state index in [0.29, 0.717) is 13.0 Å². The van der Waals surface area contributed by atoms with Crippen molar-refractivity contribution >= 4 is 12.3 Å². The Morgan fingerprint density at radius 2 is 2.36 bits per heavy atom. The van der Waals surface area contributed by atoms with Crippen LogP contribution >= 0.6 is 0 Å². The third-order valence-electron chi connectivity index (χ3n) is 1.30. The molecule has 0 aliphatic rings. The summed E-state index contributed by atoms with van der Waals surface area (Å²) in [6.07, 6.45) is 1.15. The van der Waals surface area contributed by atoms with Gasteiger partial charge in [-0.05, 0) is 13.0 Å². The van der Waals surface area contributed by atoms with Gasteiger partial charge in [-0.3, -0.25) is 4.79 Å². The first-order valence-corrected chi connectivity index (χ1v) is 3.61. The predicted molar refractivity (Wildman–Crippen MR) is 40.4 cm³/mol. The van der Waals surface area contributed by atoms with Crippen molar-refractivity contribution in [2.75, 3.05) is 6.54 Å². The normalized spacial score (nSPS) is 12.5. The van der Waals surface area contributed by atoms with Gasteiger partial charge in [0.2, 0.25) is 0 Å². The van der Waals surface area contributed by atoms with Gasteiger partial charge in [0.05, 0.1) is 6.04 Å². The zero-order valence-corrected chi connectivity index (χ0v) is 6.54. The molecule has 0 unspecified atom stereocenters. The van der Waals surface area contributed by atoms with E-state index in [4.69, 9.17) is 5.11 Å². The molecule has 0 aliphatic carbocycles. The number of carboxylic acids is 1. The van der Waals surface area contributed by atoms with Crippen molar-refractivity contribution in [3.8, 4) is 0 Å². The van der Waals surface area contributed by atoms with Crippen molar-refractivity contribution in [2.24, 2.45) is 0 Å². The zero-order valence-electron chi connectivity index (χ0n) is 6.54. The van der Waals surface area contributed by atoms with Crippen LogP contribution in [0.2, 0.25) is 0 Å². The van der Waals surface area contributed by atoms with Crippen molar-refractivity contribution in [3.05, 3.63) is 0 Å². The predicted octanol–water partition coefficient (Wildman–Crippen LogP) is 0.0282. The van der Waals surface area contributed by atoms with E-state index in [0.717, 1.165) is 6.29 Å². The SMILES string of the molecule is CCN[C@@H](C=O)CCC(=O)O. The van der Waals surface area contributed by atoms with Crippen LogP contribution in [0.4, 0.5) is 0 Å². The standard InChI is InChI=1S/C7H13NO3/c1-2-8-6(5-9)3-4-7(10)11/h5-6,8H,2-4H2,1H3,(H,10,11)/t6-/m1/s1. The minimum Gasteiger partial charge on any atom is -0.481 e. The van der Waals surface area contributed by atoms with E-state index < -0.39 is 5.97 Å². The Kier molecular flexibility index (Phi) is 5.37. The average molecular weight is 159 g/mol. The maximum Gasteiger partial charge on any atom is 0.303 e. The molecule has 0 bridgehead atoms. The summed E-state index contributed by atoms with van der Waals surface area (Å²) in [4.78, 5) is 20.3. The summed E-state index contributed by atoms with van der Waals surface area (Å²) in [7, 11) is 0. The number of nitrogens with one attached hydrogen (secondary N) is 1. The first-order chi connectivity index (χ1) is 5.20. The lowest BCUT2D eigenvalue weighted by Gasteiger charge is -2.07. The number of hydrogen-bond donors (Lipinski definition) is 2. The highest BCUT2D eigenvalue weighted by molar-refractivity contribution is 5.68. The minimum atomic E-state index is -0.866. The number of aliphatic carboxylic acids is 1. The Hall–Kier alpha value is -0.900. The van der Waals surface area contributed by atoms with E-state index in [2.05, 4.69) is 5.32 Å². The molecule has 0 aliphatic heterocycles. The molecule has 0 saturated carbocycles. The van der Waals surface area contributed by atoms with Gasteiger partial charge in [0, 0.05) is 6.42 Å². The molecular formula is C7H13NO3. The molecule has 0 fully saturated rings. The topological polar surface area (TPSA) is 66.4 Å². The first-order valence-electron chi connectivity index (χ1n) is 3.61. The van der Waals surface area contributed by atoms with E-state index in [-0.39, 0.29) is 12.5 Å². The molecule has 0 radical (unpaired) electrons. The fourth-order valence-electron chi connectivity index (χ4n) is 0.759. The van der Waals surface area contributed by atoms with Crippen LogP contribution in [-0.2, 0) is 9.59 Å². The highest BCUT2D eigenvalue weighted by atomic mass is 16.4. The average Bonchev–Trinajstić information content (AvgIpc) is 1.97. The molecule has 0 rings (SSSR count). The number of carboxylic acid groups (broad SMARTS) is 1. The smallest absolute Gasteiger partial charge is 0.303 e. The maximum absolute atomic E-state index is 10.3. The highest BCUT2D eigenvalue weighted by Crippen LogP contribution is 1.93. The van der Waals surface area contributed by atoms with Crippen LogP contribution in [0, 0.1) is 0 Å². The van der Waals surface area contributed by atoms with E-state index in [1.807, 2.05) is 6.92 Å². The monoisotopic (exact) mass is 159 g/mol. The number of likely N-dealkylation sites (N-methyl/N-ethyl adjacent to an activating group) is 1. The summed E-state index contributed by atoms with van der Waals surface area (Å²) >= 11 is 0. The molecule has 0 aromatic heterocycles. The summed E-state index contributed by atoms with van der Waals surface area (Å²) in [6.45, 7) is 2.56. The number of aldehydes is 1. The quantitative estimate of drug-likeness (QED) is 0.536. The molecule has 4 nitrogen and oxygen atoms in total. The summed E-state index contributed by atoms with van der Waals surface area (Å²) in [5.74, 6) is -0.866. The molecule has 1 atom stereocenters. The van der Waals surface area contributed by atoms with Crippen LogP contribution < -0.4 is 5.32 Å². The molecule has 4 heteroatoms. The van der Waals surface area contributed by atoms with E-state index in [1.54, 1.807) is 0 Å². The number of rotatable bonds is 6. The maximum atomic E-state index is 10.3. The van der Waals surface area contributed by atoms with E-state index in [1.165, 1.54) is 0 Å². The van der Waals surface area contributed by atoms with Gasteiger partial charge in [0.15, 0.2) is 0 Å². The summed E-state index contributed by atoms with van der Waals surface area (Å²) < 4.78 is 0.